The van der Waals surface area contributed by atoms with E-state index in [0.29, 0.717) is 24.3 Å². The minimum atomic E-state index is -0.701. The molecule has 2 aliphatic heterocycles. The third-order valence-corrected chi connectivity index (χ3v) is 8.55. The van der Waals surface area contributed by atoms with E-state index >= 15 is 0 Å². The zero-order valence-corrected chi connectivity index (χ0v) is 23.6. The number of fused-ring (bicyclic) bond motifs is 1. The van der Waals surface area contributed by atoms with Crippen LogP contribution in [0.4, 0.5) is 0 Å². The number of amides is 2. The Bertz CT molecular complexity index is 1420. The standard InChI is InChI=1S/C32H32N2O6S/c1-39-26-15-12-24(13-16-26)19-40-32(38)29-25(14-11-21-7-9-23(18-35)10-8-21)20-41-31-28(30(37)34(29)31)33-27(36)17-22-5-3-2-4-6-22/h2-10,12-13,15-16,28,31,35H,11,14,17-20H2,1H3,(H,33,36)/t28-,31-/m1/s1. The van der Waals surface area contributed by atoms with Crippen LogP contribution in [0.15, 0.2) is 90.1 Å². The molecule has 1 saturated heterocycles. The minimum absolute atomic E-state index is 0.0201. The van der Waals surface area contributed by atoms with Crippen molar-refractivity contribution in [2.45, 2.75) is 43.9 Å². The summed E-state index contributed by atoms with van der Waals surface area (Å²) in [6, 6.07) is 23.6. The van der Waals surface area contributed by atoms with Gasteiger partial charge < -0.3 is 19.9 Å². The van der Waals surface area contributed by atoms with E-state index < -0.39 is 12.0 Å². The molecule has 2 heterocycles. The van der Waals surface area contributed by atoms with Crippen molar-refractivity contribution in [2.24, 2.45) is 0 Å². The molecule has 2 aliphatic rings. The number of benzene rings is 3. The largest absolute Gasteiger partial charge is 0.497 e. The van der Waals surface area contributed by atoms with Crippen LogP contribution in [0.1, 0.15) is 28.7 Å². The number of rotatable bonds is 11. The molecule has 0 saturated carbocycles. The molecule has 1 fully saturated rings. The van der Waals surface area contributed by atoms with Gasteiger partial charge in [-0.05, 0) is 52.8 Å². The van der Waals surface area contributed by atoms with E-state index in [2.05, 4.69) is 5.32 Å². The van der Waals surface area contributed by atoms with Crippen LogP contribution in [0.3, 0.4) is 0 Å². The lowest BCUT2D eigenvalue weighted by molar-refractivity contribution is -0.153. The average molecular weight is 573 g/mol. The molecule has 212 valence electrons. The summed E-state index contributed by atoms with van der Waals surface area (Å²) in [5, 5.41) is 11.8. The monoisotopic (exact) mass is 572 g/mol. The molecule has 3 aromatic carbocycles. The zero-order chi connectivity index (χ0) is 28.8. The molecule has 0 aromatic heterocycles. The maximum absolute atomic E-state index is 13.5. The highest BCUT2D eigenvalue weighted by atomic mass is 32.2. The van der Waals surface area contributed by atoms with E-state index in [4.69, 9.17) is 9.47 Å². The van der Waals surface area contributed by atoms with Crippen LogP contribution in [-0.2, 0) is 45.2 Å². The Hall–Kier alpha value is -4.08. The van der Waals surface area contributed by atoms with Gasteiger partial charge in [0, 0.05) is 5.75 Å². The Balaban J connectivity index is 1.31. The van der Waals surface area contributed by atoms with Gasteiger partial charge in [-0.25, -0.2) is 4.79 Å². The summed E-state index contributed by atoms with van der Waals surface area (Å²) >= 11 is 1.54. The van der Waals surface area contributed by atoms with Crippen LogP contribution in [-0.4, -0.2) is 52.1 Å². The van der Waals surface area contributed by atoms with Crippen molar-refractivity contribution in [1.82, 2.24) is 10.2 Å². The van der Waals surface area contributed by atoms with Crippen LogP contribution in [0.2, 0.25) is 0 Å². The van der Waals surface area contributed by atoms with Gasteiger partial charge in [-0.1, -0.05) is 66.7 Å². The molecular weight excluding hydrogens is 540 g/mol. The number of carbonyl (C=O) groups is 3. The van der Waals surface area contributed by atoms with Gasteiger partial charge in [0.1, 0.15) is 29.5 Å². The van der Waals surface area contributed by atoms with Crippen LogP contribution in [0, 0.1) is 0 Å². The highest BCUT2D eigenvalue weighted by Gasteiger charge is 2.54. The number of methoxy groups -OCH3 is 1. The lowest BCUT2D eigenvalue weighted by Gasteiger charge is -2.49. The van der Waals surface area contributed by atoms with Crippen molar-refractivity contribution >= 4 is 29.5 Å². The number of aliphatic hydroxyl groups is 1. The maximum atomic E-state index is 13.5. The second-order valence-electron chi connectivity index (χ2n) is 9.97. The summed E-state index contributed by atoms with van der Waals surface area (Å²) in [6.45, 7) is 0.0348. The number of hydrogen-bond acceptors (Lipinski definition) is 7. The van der Waals surface area contributed by atoms with Crippen molar-refractivity contribution in [1.29, 1.82) is 0 Å². The van der Waals surface area contributed by atoms with Crippen molar-refractivity contribution in [3.8, 4) is 5.75 Å². The molecule has 8 nitrogen and oxygen atoms in total. The summed E-state index contributed by atoms with van der Waals surface area (Å²) in [5.74, 6) is 0.139. The summed E-state index contributed by atoms with van der Waals surface area (Å²) in [7, 11) is 1.59. The average Bonchev–Trinajstić information content (AvgIpc) is 3.02. The molecule has 0 radical (unpaired) electrons. The molecule has 0 bridgehead atoms. The number of carbonyl (C=O) groups excluding carboxylic acids is 3. The number of aryl methyl sites for hydroxylation is 1. The van der Waals surface area contributed by atoms with Crippen molar-refractivity contribution in [2.75, 3.05) is 12.9 Å². The zero-order valence-electron chi connectivity index (χ0n) is 22.7. The predicted octanol–water partition coefficient (Wildman–Crippen LogP) is 3.76. The van der Waals surface area contributed by atoms with Gasteiger partial charge in [0.2, 0.25) is 5.91 Å². The van der Waals surface area contributed by atoms with Gasteiger partial charge in [0.25, 0.3) is 5.91 Å². The molecule has 5 rings (SSSR count). The number of nitrogens with one attached hydrogen (secondary N) is 1. The van der Waals surface area contributed by atoms with E-state index in [1.54, 1.807) is 19.2 Å². The third-order valence-electron chi connectivity index (χ3n) is 7.21. The van der Waals surface area contributed by atoms with Gasteiger partial charge in [0.15, 0.2) is 0 Å². The molecule has 2 atom stereocenters. The van der Waals surface area contributed by atoms with Gasteiger partial charge in [-0.15, -0.1) is 11.8 Å². The molecule has 0 spiro atoms. The highest BCUT2D eigenvalue weighted by Crippen LogP contribution is 2.42. The molecular formula is C32H32N2O6S. The van der Waals surface area contributed by atoms with Gasteiger partial charge in [-0.2, -0.15) is 0 Å². The van der Waals surface area contributed by atoms with Gasteiger partial charge in [0.05, 0.1) is 20.1 Å². The first-order valence-electron chi connectivity index (χ1n) is 13.5. The molecule has 41 heavy (non-hydrogen) atoms. The smallest absolute Gasteiger partial charge is 0.355 e. The number of aliphatic hydroxyl groups excluding tert-OH is 1. The minimum Gasteiger partial charge on any atom is -0.497 e. The van der Waals surface area contributed by atoms with E-state index in [9.17, 15) is 19.5 Å². The Morgan fingerprint density at radius 1 is 0.927 bits per heavy atom. The molecule has 2 amide bonds. The number of nitrogens with zero attached hydrogens (tertiary/aromatic N) is 1. The van der Waals surface area contributed by atoms with Gasteiger partial charge >= 0.3 is 5.97 Å². The SMILES string of the molecule is COc1ccc(COC(=O)C2=C(CCc3ccc(CO)cc3)CS[C@@H]3[C@H](NC(=O)Cc4ccccc4)C(=O)N23)cc1. The normalized spacial score (nSPS) is 17.9. The fourth-order valence-corrected chi connectivity index (χ4v) is 6.30. The summed E-state index contributed by atoms with van der Waals surface area (Å²) in [6.07, 6.45) is 1.41. The number of thioether (sulfide) groups is 1. The second kappa shape index (κ2) is 13.1. The Morgan fingerprint density at radius 2 is 1.61 bits per heavy atom. The predicted molar refractivity (Wildman–Crippen MR) is 156 cm³/mol. The van der Waals surface area contributed by atoms with Crippen LogP contribution in [0.5, 0.6) is 5.75 Å². The Kier molecular flexibility index (Phi) is 9.06. The second-order valence-corrected chi connectivity index (χ2v) is 11.1. The first-order chi connectivity index (χ1) is 20.0. The highest BCUT2D eigenvalue weighted by molar-refractivity contribution is 8.00. The number of β-lactam (4-membered cyclic amide) rings is 1. The van der Waals surface area contributed by atoms with Crippen molar-refractivity contribution in [3.63, 3.8) is 0 Å². The number of ether oxygens (including phenoxy) is 2. The number of hydrogen-bond donors (Lipinski definition) is 2. The topological polar surface area (TPSA) is 105 Å². The van der Waals surface area contributed by atoms with Crippen molar-refractivity contribution in [3.05, 3.63) is 112 Å². The maximum Gasteiger partial charge on any atom is 0.355 e. The van der Waals surface area contributed by atoms with Gasteiger partial charge in [-0.3, -0.25) is 14.5 Å². The van der Waals surface area contributed by atoms with Crippen molar-refractivity contribution < 1.29 is 29.0 Å². The van der Waals surface area contributed by atoms with E-state index in [1.807, 2.05) is 66.7 Å². The summed E-state index contributed by atoms with van der Waals surface area (Å²) in [4.78, 5) is 41.0. The summed E-state index contributed by atoms with van der Waals surface area (Å²) < 4.78 is 10.9. The molecule has 0 aliphatic carbocycles. The van der Waals surface area contributed by atoms with E-state index in [0.717, 1.165) is 27.8 Å². The number of esters is 1. The first kappa shape index (κ1) is 28.4. The Morgan fingerprint density at radius 3 is 2.29 bits per heavy atom. The van der Waals surface area contributed by atoms with Crippen LogP contribution in [0.25, 0.3) is 0 Å². The fourth-order valence-electron chi connectivity index (χ4n) is 4.91. The lowest BCUT2D eigenvalue weighted by atomic mass is 9.98. The van der Waals surface area contributed by atoms with Crippen LogP contribution >= 0.6 is 11.8 Å². The van der Waals surface area contributed by atoms with Crippen LogP contribution < -0.4 is 10.1 Å². The third kappa shape index (κ3) is 6.64. The molecule has 0 unspecified atom stereocenters. The van der Waals surface area contributed by atoms with E-state index in [1.165, 1.54) is 16.7 Å². The lowest BCUT2D eigenvalue weighted by Crippen LogP contribution is -2.70. The van der Waals surface area contributed by atoms with E-state index in [-0.39, 0.29) is 42.5 Å². The Labute approximate surface area is 243 Å². The molecule has 9 heteroatoms. The summed E-state index contributed by atoms with van der Waals surface area (Å²) in [5.41, 5.74) is 4.66. The molecule has 2 N–H and O–H groups in total. The first-order valence-corrected chi connectivity index (χ1v) is 14.5. The molecule has 3 aromatic rings. The quantitative estimate of drug-likeness (QED) is 0.266. The fraction of sp³-hybridized carbons (Fsp3) is 0.281.